The van der Waals surface area contributed by atoms with E-state index in [4.69, 9.17) is 21.1 Å². The molecule has 0 aliphatic heterocycles. The van der Waals surface area contributed by atoms with Crippen molar-refractivity contribution in [3.05, 3.63) is 65.7 Å². The van der Waals surface area contributed by atoms with Crippen LogP contribution < -0.4 is 19.2 Å². The molecule has 0 fully saturated rings. The van der Waals surface area contributed by atoms with Crippen molar-refractivity contribution in [2.45, 2.75) is 0 Å². The first kappa shape index (κ1) is 23.2. The highest BCUT2D eigenvalue weighted by molar-refractivity contribution is 7.92. The number of nitrogens with one attached hydrogen (secondary N) is 1. The third-order valence-corrected chi connectivity index (χ3v) is 5.20. The van der Waals surface area contributed by atoms with Crippen molar-refractivity contribution in [1.29, 1.82) is 0 Å². The molecule has 0 unspecified atom stereocenters. The van der Waals surface area contributed by atoms with E-state index in [2.05, 4.69) is 17.1 Å². The number of anilines is 1. The first-order valence-electron chi connectivity index (χ1n) is 8.71. The summed E-state index contributed by atoms with van der Waals surface area (Å²) in [5.41, 5.74) is 3.27. The fourth-order valence-electron chi connectivity index (χ4n) is 2.36. The van der Waals surface area contributed by atoms with E-state index in [1.165, 1.54) is 31.5 Å². The monoisotopic (exact) mass is 451 g/mol. The minimum atomic E-state index is -3.74. The molecule has 2 aromatic rings. The molecule has 10 heteroatoms. The number of amides is 1. The van der Waals surface area contributed by atoms with Gasteiger partial charge in [-0.25, -0.2) is 13.8 Å². The first-order valence-corrected chi connectivity index (χ1v) is 10.9. The lowest BCUT2D eigenvalue weighted by Crippen LogP contribution is -2.39. The topological polar surface area (TPSA) is 97.3 Å². The lowest BCUT2D eigenvalue weighted by atomic mass is 10.2. The molecule has 2 aromatic carbocycles. The van der Waals surface area contributed by atoms with Crippen LogP contribution in [0.5, 0.6) is 11.5 Å². The van der Waals surface area contributed by atoms with Crippen LogP contribution in [-0.4, -0.2) is 47.1 Å². The van der Waals surface area contributed by atoms with E-state index < -0.39 is 22.5 Å². The summed E-state index contributed by atoms with van der Waals surface area (Å²) >= 11 is 6.07. The third-order valence-electron chi connectivity index (χ3n) is 3.76. The van der Waals surface area contributed by atoms with Gasteiger partial charge in [0.2, 0.25) is 10.0 Å². The van der Waals surface area contributed by atoms with Gasteiger partial charge in [-0.3, -0.25) is 9.10 Å². The standard InChI is InChI=1S/C20H22ClN3O5S/c1-4-11-29-17-8-5-15(6-9-17)13-22-23-20(25)14-24(30(3,26)27)16-7-10-19(28-2)18(21)12-16/h4-10,12-13H,1,11,14H2,2-3H3,(H,23,25)/b22-13-. The highest BCUT2D eigenvalue weighted by Gasteiger charge is 2.21. The molecule has 8 nitrogen and oxygen atoms in total. The largest absolute Gasteiger partial charge is 0.495 e. The van der Waals surface area contributed by atoms with Crippen molar-refractivity contribution in [3.8, 4) is 11.5 Å². The molecule has 0 heterocycles. The van der Waals surface area contributed by atoms with Crippen LogP contribution in [0.25, 0.3) is 0 Å². The Morgan fingerprint density at radius 2 is 1.97 bits per heavy atom. The summed E-state index contributed by atoms with van der Waals surface area (Å²) in [5.74, 6) is 0.455. The molecule has 0 bridgehead atoms. The van der Waals surface area contributed by atoms with Crippen LogP contribution in [0.15, 0.2) is 60.2 Å². The van der Waals surface area contributed by atoms with Crippen LogP contribution in [0.4, 0.5) is 5.69 Å². The van der Waals surface area contributed by atoms with Crippen LogP contribution in [0.2, 0.25) is 5.02 Å². The summed E-state index contributed by atoms with van der Waals surface area (Å²) in [6.45, 7) is 3.51. The Bertz CT molecular complexity index is 1020. The Morgan fingerprint density at radius 1 is 1.27 bits per heavy atom. The van der Waals surface area contributed by atoms with Crippen LogP contribution in [0, 0.1) is 0 Å². The molecule has 0 aliphatic rings. The smallest absolute Gasteiger partial charge is 0.260 e. The fourth-order valence-corrected chi connectivity index (χ4v) is 3.46. The van der Waals surface area contributed by atoms with Gasteiger partial charge in [0.1, 0.15) is 24.7 Å². The van der Waals surface area contributed by atoms with Crippen LogP contribution >= 0.6 is 11.6 Å². The van der Waals surface area contributed by atoms with Gasteiger partial charge in [0.25, 0.3) is 5.91 Å². The number of carbonyl (C=O) groups excluding carboxylic acids is 1. The number of halogens is 1. The van der Waals surface area contributed by atoms with Crippen LogP contribution in [-0.2, 0) is 14.8 Å². The molecule has 160 valence electrons. The summed E-state index contributed by atoms with van der Waals surface area (Å²) in [4.78, 5) is 12.2. The maximum atomic E-state index is 12.2. The molecular formula is C20H22ClN3O5S. The van der Waals surface area contributed by atoms with Crippen molar-refractivity contribution in [2.24, 2.45) is 5.10 Å². The summed E-state index contributed by atoms with van der Waals surface area (Å²) in [7, 11) is -2.29. The molecule has 0 saturated carbocycles. The van der Waals surface area contributed by atoms with Crippen molar-refractivity contribution >= 4 is 39.4 Å². The number of methoxy groups -OCH3 is 1. The Kier molecular flexibility index (Phi) is 8.25. The van der Waals surface area contributed by atoms with E-state index >= 15 is 0 Å². The molecule has 0 saturated heterocycles. The minimum absolute atomic E-state index is 0.225. The number of hydrogen-bond acceptors (Lipinski definition) is 6. The van der Waals surface area contributed by atoms with Crippen LogP contribution in [0.1, 0.15) is 5.56 Å². The van der Waals surface area contributed by atoms with Crippen molar-refractivity contribution in [1.82, 2.24) is 5.43 Å². The molecule has 30 heavy (non-hydrogen) atoms. The average molecular weight is 452 g/mol. The molecular weight excluding hydrogens is 430 g/mol. The van der Waals surface area contributed by atoms with Crippen molar-refractivity contribution in [2.75, 3.05) is 30.8 Å². The highest BCUT2D eigenvalue weighted by Crippen LogP contribution is 2.30. The second-order valence-corrected chi connectivity index (χ2v) is 8.36. The maximum Gasteiger partial charge on any atom is 0.260 e. The third kappa shape index (κ3) is 6.78. The number of rotatable bonds is 10. The summed E-state index contributed by atoms with van der Waals surface area (Å²) in [6, 6.07) is 11.5. The number of hydrogen-bond donors (Lipinski definition) is 1. The van der Waals surface area contributed by atoms with Crippen LogP contribution in [0.3, 0.4) is 0 Å². The first-order chi connectivity index (χ1) is 14.2. The lowest BCUT2D eigenvalue weighted by Gasteiger charge is -2.21. The summed E-state index contributed by atoms with van der Waals surface area (Å²) in [6.07, 6.45) is 4.08. The molecule has 0 aromatic heterocycles. The van der Waals surface area contributed by atoms with E-state index in [-0.39, 0.29) is 10.7 Å². The van der Waals surface area contributed by atoms with Gasteiger partial charge < -0.3 is 9.47 Å². The van der Waals surface area contributed by atoms with Gasteiger partial charge in [-0.2, -0.15) is 5.10 Å². The zero-order valence-electron chi connectivity index (χ0n) is 16.5. The quantitative estimate of drug-likeness (QED) is 0.340. The fraction of sp³-hybridized carbons (Fsp3) is 0.200. The zero-order chi connectivity index (χ0) is 22.1. The number of sulfonamides is 1. The molecule has 2 rings (SSSR count). The summed E-state index contributed by atoms with van der Waals surface area (Å²) < 4.78 is 35.7. The van der Waals surface area contributed by atoms with Gasteiger partial charge in [0.15, 0.2) is 0 Å². The number of ether oxygens (including phenoxy) is 2. The van der Waals surface area contributed by atoms with Gasteiger partial charge >= 0.3 is 0 Å². The van der Waals surface area contributed by atoms with Gasteiger partial charge in [0, 0.05) is 0 Å². The number of nitrogens with zero attached hydrogens (tertiary/aromatic N) is 2. The van der Waals surface area contributed by atoms with Gasteiger partial charge in [-0.1, -0.05) is 24.3 Å². The number of hydrazone groups is 1. The van der Waals surface area contributed by atoms with Gasteiger partial charge in [0.05, 0.1) is 30.3 Å². The Morgan fingerprint density at radius 3 is 2.53 bits per heavy atom. The van der Waals surface area contributed by atoms with E-state index in [9.17, 15) is 13.2 Å². The van der Waals surface area contributed by atoms with E-state index in [1.54, 1.807) is 30.3 Å². The second-order valence-electron chi connectivity index (χ2n) is 6.05. The zero-order valence-corrected chi connectivity index (χ0v) is 18.1. The lowest BCUT2D eigenvalue weighted by molar-refractivity contribution is -0.119. The molecule has 0 spiro atoms. The Labute approximate surface area is 180 Å². The molecule has 0 atom stereocenters. The van der Waals surface area contributed by atoms with Crippen molar-refractivity contribution in [3.63, 3.8) is 0 Å². The van der Waals surface area contributed by atoms with E-state index in [1.807, 2.05) is 0 Å². The Balaban J connectivity index is 2.03. The Hall–Kier alpha value is -3.04. The molecule has 0 radical (unpaired) electrons. The molecule has 0 aliphatic carbocycles. The number of benzene rings is 2. The predicted octanol–water partition coefficient (Wildman–Crippen LogP) is 2.83. The SMILES string of the molecule is C=CCOc1ccc(/C=N\NC(=O)CN(c2ccc(OC)c(Cl)c2)S(C)(=O)=O)cc1. The second kappa shape index (κ2) is 10.7. The number of carbonyl (C=O) groups is 1. The average Bonchev–Trinajstić information content (AvgIpc) is 2.70. The minimum Gasteiger partial charge on any atom is -0.495 e. The van der Waals surface area contributed by atoms with Crippen molar-refractivity contribution < 1.29 is 22.7 Å². The normalized spacial score (nSPS) is 11.2. The van der Waals surface area contributed by atoms with E-state index in [0.717, 1.165) is 16.1 Å². The maximum absolute atomic E-state index is 12.2. The summed E-state index contributed by atoms with van der Waals surface area (Å²) in [5, 5.41) is 4.08. The molecule has 1 N–H and O–H groups in total. The van der Waals surface area contributed by atoms with Gasteiger partial charge in [-0.05, 0) is 48.0 Å². The highest BCUT2D eigenvalue weighted by atomic mass is 35.5. The predicted molar refractivity (Wildman–Crippen MR) is 118 cm³/mol. The molecule has 1 amide bonds. The van der Waals surface area contributed by atoms with E-state index in [0.29, 0.717) is 18.1 Å². The van der Waals surface area contributed by atoms with Gasteiger partial charge in [-0.15, -0.1) is 0 Å².